The maximum atomic E-state index is 12.7. The minimum absolute atomic E-state index is 0.132. The molecule has 1 atom stereocenters. The Balaban J connectivity index is 1.48. The first-order chi connectivity index (χ1) is 14.6. The van der Waals surface area contributed by atoms with Crippen LogP contribution in [0.2, 0.25) is 0 Å². The van der Waals surface area contributed by atoms with Gasteiger partial charge in [0, 0.05) is 23.9 Å². The fourth-order valence-electron chi connectivity index (χ4n) is 3.07. The Morgan fingerprint density at radius 3 is 2.87 bits per heavy atom. The number of carbonyl (C=O) groups excluding carboxylic acids is 1. The van der Waals surface area contributed by atoms with Crippen LogP contribution in [0.5, 0.6) is 17.2 Å². The number of anilines is 1. The van der Waals surface area contributed by atoms with Crippen LogP contribution in [-0.2, 0) is 11.3 Å². The lowest BCUT2D eigenvalue weighted by Crippen LogP contribution is -2.22. The average Bonchev–Trinajstić information content (AvgIpc) is 3.39. The lowest BCUT2D eigenvalue weighted by Gasteiger charge is -2.13. The number of nitrogens with one attached hydrogen (secondary N) is 1. The van der Waals surface area contributed by atoms with Crippen LogP contribution < -0.4 is 19.5 Å². The Morgan fingerprint density at radius 1 is 1.23 bits per heavy atom. The second-order valence-corrected chi connectivity index (χ2v) is 7.91. The molecule has 156 valence electrons. The van der Waals surface area contributed by atoms with Crippen molar-refractivity contribution in [1.29, 1.82) is 0 Å². The van der Waals surface area contributed by atoms with E-state index in [1.54, 1.807) is 25.3 Å². The first kappa shape index (κ1) is 20.1. The van der Waals surface area contributed by atoms with Gasteiger partial charge in [-0.15, -0.1) is 10.2 Å². The van der Waals surface area contributed by atoms with E-state index in [2.05, 4.69) is 15.5 Å². The third kappa shape index (κ3) is 4.06. The summed E-state index contributed by atoms with van der Waals surface area (Å²) in [5, 5.41) is 11.9. The first-order valence-electron chi connectivity index (χ1n) is 9.54. The van der Waals surface area contributed by atoms with E-state index in [4.69, 9.17) is 14.2 Å². The van der Waals surface area contributed by atoms with Crippen molar-refractivity contribution in [3.05, 3.63) is 42.5 Å². The van der Waals surface area contributed by atoms with E-state index in [1.165, 1.54) is 11.8 Å². The zero-order valence-electron chi connectivity index (χ0n) is 16.9. The highest BCUT2D eigenvalue weighted by molar-refractivity contribution is 8.00. The molecule has 2 aromatic carbocycles. The van der Waals surface area contributed by atoms with Crippen LogP contribution in [0, 0.1) is 0 Å². The van der Waals surface area contributed by atoms with Crippen molar-refractivity contribution in [3.8, 4) is 28.6 Å². The molecule has 0 fully saturated rings. The number of thioether (sulfide) groups is 1. The minimum Gasteiger partial charge on any atom is -0.497 e. The molecule has 1 aromatic heterocycles. The monoisotopic (exact) mass is 426 g/mol. The molecule has 0 radical (unpaired) electrons. The number of amides is 1. The molecule has 2 heterocycles. The van der Waals surface area contributed by atoms with Crippen molar-refractivity contribution in [3.63, 3.8) is 0 Å². The molecule has 0 saturated carbocycles. The van der Waals surface area contributed by atoms with E-state index in [-0.39, 0.29) is 18.0 Å². The van der Waals surface area contributed by atoms with Crippen molar-refractivity contribution < 1.29 is 19.0 Å². The van der Waals surface area contributed by atoms with Crippen LogP contribution >= 0.6 is 11.8 Å². The van der Waals surface area contributed by atoms with Crippen LogP contribution in [0.1, 0.15) is 13.8 Å². The molecule has 0 saturated heterocycles. The van der Waals surface area contributed by atoms with Crippen LogP contribution in [0.15, 0.2) is 47.6 Å². The van der Waals surface area contributed by atoms with E-state index in [0.717, 1.165) is 17.1 Å². The van der Waals surface area contributed by atoms with E-state index in [0.29, 0.717) is 28.9 Å². The molecular weight excluding hydrogens is 404 g/mol. The fourth-order valence-corrected chi connectivity index (χ4v) is 3.98. The van der Waals surface area contributed by atoms with Gasteiger partial charge in [-0.3, -0.25) is 4.79 Å². The van der Waals surface area contributed by atoms with Crippen LogP contribution in [0.4, 0.5) is 5.69 Å². The summed E-state index contributed by atoms with van der Waals surface area (Å²) in [6.07, 6.45) is 0. The zero-order valence-corrected chi connectivity index (χ0v) is 17.7. The minimum atomic E-state index is -0.372. The molecule has 0 bridgehead atoms. The lowest BCUT2D eigenvalue weighted by atomic mass is 10.2. The van der Waals surface area contributed by atoms with Gasteiger partial charge in [0.15, 0.2) is 22.5 Å². The van der Waals surface area contributed by atoms with Crippen molar-refractivity contribution in [2.24, 2.45) is 0 Å². The SMILES string of the molecule is CCn1c(SC(C)C(=O)Nc2ccc3c(c2)OCO3)nnc1-c1cccc(OC)c1. The largest absolute Gasteiger partial charge is 0.497 e. The quantitative estimate of drug-likeness (QED) is 0.575. The van der Waals surface area contributed by atoms with E-state index in [9.17, 15) is 4.79 Å². The van der Waals surface area contributed by atoms with E-state index < -0.39 is 0 Å². The number of aromatic nitrogens is 3. The molecule has 30 heavy (non-hydrogen) atoms. The maximum Gasteiger partial charge on any atom is 0.237 e. The maximum absolute atomic E-state index is 12.7. The molecule has 1 amide bonds. The van der Waals surface area contributed by atoms with Gasteiger partial charge in [-0.25, -0.2) is 0 Å². The van der Waals surface area contributed by atoms with Crippen molar-refractivity contribution >= 4 is 23.4 Å². The topological polar surface area (TPSA) is 87.5 Å². The number of ether oxygens (including phenoxy) is 3. The van der Waals surface area contributed by atoms with Gasteiger partial charge in [-0.1, -0.05) is 23.9 Å². The zero-order chi connectivity index (χ0) is 21.1. The Kier molecular flexibility index (Phi) is 5.80. The Hall–Kier alpha value is -3.20. The van der Waals surface area contributed by atoms with Crippen molar-refractivity contribution in [2.45, 2.75) is 30.8 Å². The number of rotatable bonds is 7. The molecule has 0 aliphatic carbocycles. The molecule has 4 rings (SSSR count). The highest BCUT2D eigenvalue weighted by Gasteiger charge is 2.21. The summed E-state index contributed by atoms with van der Waals surface area (Å²) >= 11 is 1.36. The Morgan fingerprint density at radius 2 is 2.07 bits per heavy atom. The number of methoxy groups -OCH3 is 1. The second-order valence-electron chi connectivity index (χ2n) is 6.60. The second kappa shape index (κ2) is 8.66. The molecule has 0 spiro atoms. The molecule has 8 nitrogen and oxygen atoms in total. The first-order valence-corrected chi connectivity index (χ1v) is 10.4. The molecule has 1 aliphatic heterocycles. The van der Waals surface area contributed by atoms with Gasteiger partial charge in [-0.2, -0.15) is 0 Å². The smallest absolute Gasteiger partial charge is 0.237 e. The average molecular weight is 426 g/mol. The molecule has 9 heteroatoms. The summed E-state index contributed by atoms with van der Waals surface area (Å²) in [6.45, 7) is 4.74. The normalized spacial score (nSPS) is 13.2. The summed E-state index contributed by atoms with van der Waals surface area (Å²) < 4.78 is 18.0. The Bertz CT molecular complexity index is 1070. The standard InChI is InChI=1S/C21H22N4O4S/c1-4-25-19(14-6-5-7-16(10-14)27-3)23-24-21(25)30-13(2)20(26)22-15-8-9-17-18(11-15)29-12-28-17/h5-11,13H,4,12H2,1-3H3,(H,22,26). The fraction of sp³-hybridized carbons (Fsp3) is 0.286. The van der Waals surface area contributed by atoms with E-state index >= 15 is 0 Å². The summed E-state index contributed by atoms with van der Waals surface area (Å²) in [4.78, 5) is 12.7. The van der Waals surface area contributed by atoms with Gasteiger partial charge in [0.25, 0.3) is 0 Å². The molecule has 1 aliphatic rings. The summed E-state index contributed by atoms with van der Waals surface area (Å²) in [5.41, 5.74) is 1.57. The predicted octanol–water partition coefficient (Wildman–Crippen LogP) is 3.82. The number of benzene rings is 2. The lowest BCUT2D eigenvalue weighted by molar-refractivity contribution is -0.115. The number of hydrogen-bond acceptors (Lipinski definition) is 7. The third-order valence-electron chi connectivity index (χ3n) is 4.65. The summed E-state index contributed by atoms with van der Waals surface area (Å²) in [6, 6.07) is 13.0. The molecule has 1 N–H and O–H groups in total. The summed E-state index contributed by atoms with van der Waals surface area (Å²) in [5.74, 6) is 2.66. The van der Waals surface area contributed by atoms with Gasteiger partial charge >= 0.3 is 0 Å². The third-order valence-corrected chi connectivity index (χ3v) is 5.73. The predicted molar refractivity (Wildman–Crippen MR) is 114 cm³/mol. The number of hydrogen-bond donors (Lipinski definition) is 1. The van der Waals surface area contributed by atoms with Crippen LogP contribution in [0.3, 0.4) is 0 Å². The van der Waals surface area contributed by atoms with Gasteiger partial charge in [0.2, 0.25) is 12.7 Å². The van der Waals surface area contributed by atoms with Gasteiger partial charge in [0.1, 0.15) is 5.75 Å². The van der Waals surface area contributed by atoms with Crippen molar-refractivity contribution in [2.75, 3.05) is 19.2 Å². The van der Waals surface area contributed by atoms with Gasteiger partial charge < -0.3 is 24.1 Å². The number of carbonyl (C=O) groups is 1. The molecule has 3 aromatic rings. The summed E-state index contributed by atoms with van der Waals surface area (Å²) in [7, 11) is 1.63. The Labute approximate surface area is 178 Å². The van der Waals surface area contributed by atoms with Crippen molar-refractivity contribution in [1.82, 2.24) is 14.8 Å². The molecular formula is C21H22N4O4S. The number of fused-ring (bicyclic) bond motifs is 1. The van der Waals surface area contributed by atoms with Gasteiger partial charge in [0.05, 0.1) is 12.4 Å². The van der Waals surface area contributed by atoms with Gasteiger partial charge in [-0.05, 0) is 38.1 Å². The number of nitrogens with zero attached hydrogens (tertiary/aromatic N) is 3. The highest BCUT2D eigenvalue weighted by Crippen LogP contribution is 2.35. The molecule has 1 unspecified atom stereocenters. The highest BCUT2D eigenvalue weighted by atomic mass is 32.2. The van der Waals surface area contributed by atoms with Crippen LogP contribution in [0.25, 0.3) is 11.4 Å². The van der Waals surface area contributed by atoms with E-state index in [1.807, 2.05) is 42.7 Å². The van der Waals surface area contributed by atoms with Crippen LogP contribution in [-0.4, -0.2) is 39.8 Å².